The number of benzene rings is 1. The van der Waals surface area contributed by atoms with E-state index in [1.807, 2.05) is 0 Å². The van der Waals surface area contributed by atoms with Crippen molar-refractivity contribution in [3.63, 3.8) is 0 Å². The summed E-state index contributed by atoms with van der Waals surface area (Å²) in [7, 11) is 1.48. The van der Waals surface area contributed by atoms with Crippen molar-refractivity contribution >= 4 is 11.6 Å². The number of hydroxylamine groups is 1. The normalized spacial score (nSPS) is 9.73. The van der Waals surface area contributed by atoms with Gasteiger partial charge in [0.05, 0.1) is 19.3 Å². The number of amides is 1. The van der Waals surface area contributed by atoms with Crippen LogP contribution in [-0.4, -0.2) is 19.6 Å². The largest absolute Gasteiger partial charge is 0.496 e. The molecule has 0 spiro atoms. The molecule has 1 rings (SSSR count). The number of nitrogens with one attached hydrogen (secondary N) is 1. The van der Waals surface area contributed by atoms with Crippen LogP contribution in [0.5, 0.6) is 5.75 Å². The third kappa shape index (κ3) is 2.85. The minimum Gasteiger partial charge on any atom is -0.496 e. The SMILES string of the molecule is CCONC(=O)c1ccc(N)cc1OC. The summed E-state index contributed by atoms with van der Waals surface area (Å²) >= 11 is 0. The first-order valence-electron chi connectivity index (χ1n) is 4.54. The Balaban J connectivity index is 2.87. The van der Waals surface area contributed by atoms with Crippen molar-refractivity contribution in [1.82, 2.24) is 5.48 Å². The van der Waals surface area contributed by atoms with Crippen LogP contribution in [0.4, 0.5) is 5.69 Å². The second-order valence-electron chi connectivity index (χ2n) is 2.82. The van der Waals surface area contributed by atoms with Crippen LogP contribution in [0.15, 0.2) is 18.2 Å². The lowest BCUT2D eigenvalue weighted by Gasteiger charge is -2.09. The quantitative estimate of drug-likeness (QED) is 0.573. The van der Waals surface area contributed by atoms with Gasteiger partial charge in [0.2, 0.25) is 0 Å². The van der Waals surface area contributed by atoms with Gasteiger partial charge >= 0.3 is 0 Å². The molecule has 0 aliphatic carbocycles. The molecule has 1 amide bonds. The molecule has 0 unspecified atom stereocenters. The number of hydrogen-bond donors (Lipinski definition) is 2. The van der Waals surface area contributed by atoms with E-state index in [4.69, 9.17) is 15.3 Å². The number of anilines is 1. The number of carbonyl (C=O) groups excluding carboxylic acids is 1. The molecule has 0 aliphatic rings. The molecule has 0 heterocycles. The summed E-state index contributed by atoms with van der Waals surface area (Å²) in [5.41, 5.74) is 8.77. The fourth-order valence-electron chi connectivity index (χ4n) is 1.09. The number of ether oxygens (including phenoxy) is 1. The monoisotopic (exact) mass is 210 g/mol. The molecule has 0 bridgehead atoms. The summed E-state index contributed by atoms with van der Waals surface area (Å²) in [6, 6.07) is 4.80. The number of nitrogens with two attached hydrogens (primary N) is 1. The molecule has 5 heteroatoms. The molecular weight excluding hydrogens is 196 g/mol. The Morgan fingerprint density at radius 2 is 2.27 bits per heavy atom. The van der Waals surface area contributed by atoms with Gasteiger partial charge in [-0.2, -0.15) is 0 Å². The van der Waals surface area contributed by atoms with Crippen LogP contribution in [0, 0.1) is 0 Å². The van der Waals surface area contributed by atoms with Crippen molar-refractivity contribution in [2.75, 3.05) is 19.5 Å². The van der Waals surface area contributed by atoms with Gasteiger partial charge in [-0.3, -0.25) is 9.63 Å². The van der Waals surface area contributed by atoms with E-state index in [1.54, 1.807) is 25.1 Å². The minimum atomic E-state index is -0.353. The van der Waals surface area contributed by atoms with Gasteiger partial charge in [0.25, 0.3) is 5.91 Å². The van der Waals surface area contributed by atoms with Crippen LogP contribution in [0.3, 0.4) is 0 Å². The maximum Gasteiger partial charge on any atom is 0.278 e. The van der Waals surface area contributed by atoms with Gasteiger partial charge in [0, 0.05) is 11.8 Å². The standard InChI is InChI=1S/C10H14N2O3/c1-3-15-12-10(13)8-5-4-7(11)6-9(8)14-2/h4-6H,3,11H2,1-2H3,(H,12,13). The molecule has 0 saturated carbocycles. The Bertz CT molecular complexity index is 353. The zero-order chi connectivity index (χ0) is 11.3. The Labute approximate surface area is 88.1 Å². The van der Waals surface area contributed by atoms with Gasteiger partial charge in [-0.05, 0) is 19.1 Å². The summed E-state index contributed by atoms with van der Waals surface area (Å²) in [5.74, 6) is 0.0703. The van der Waals surface area contributed by atoms with Gasteiger partial charge in [-0.25, -0.2) is 5.48 Å². The van der Waals surface area contributed by atoms with E-state index < -0.39 is 0 Å². The van der Waals surface area contributed by atoms with Crippen molar-refractivity contribution in [2.24, 2.45) is 0 Å². The van der Waals surface area contributed by atoms with Gasteiger partial charge in [0.15, 0.2) is 0 Å². The summed E-state index contributed by atoms with van der Waals surface area (Å²) in [6.45, 7) is 2.18. The predicted octanol–water partition coefficient (Wildman–Crippen LogP) is 0.959. The summed E-state index contributed by atoms with van der Waals surface area (Å²) in [5, 5.41) is 0. The maximum absolute atomic E-state index is 11.5. The predicted molar refractivity (Wildman–Crippen MR) is 56.5 cm³/mol. The van der Waals surface area contributed by atoms with Crippen LogP contribution in [-0.2, 0) is 4.84 Å². The molecule has 1 aromatic rings. The Morgan fingerprint density at radius 1 is 1.53 bits per heavy atom. The highest BCUT2D eigenvalue weighted by molar-refractivity contribution is 5.96. The van der Waals surface area contributed by atoms with Crippen molar-refractivity contribution in [3.8, 4) is 5.75 Å². The molecule has 5 nitrogen and oxygen atoms in total. The van der Waals surface area contributed by atoms with Crippen molar-refractivity contribution in [3.05, 3.63) is 23.8 Å². The van der Waals surface area contributed by atoms with Crippen molar-refractivity contribution in [1.29, 1.82) is 0 Å². The Kier molecular flexibility index (Phi) is 3.93. The molecule has 0 aliphatic heterocycles. The first-order valence-corrected chi connectivity index (χ1v) is 4.54. The van der Waals surface area contributed by atoms with Crippen LogP contribution in [0.25, 0.3) is 0 Å². The molecule has 0 fully saturated rings. The van der Waals surface area contributed by atoms with E-state index in [0.29, 0.717) is 23.6 Å². The lowest BCUT2D eigenvalue weighted by molar-refractivity contribution is 0.0362. The molecular formula is C10H14N2O3. The smallest absolute Gasteiger partial charge is 0.278 e. The number of rotatable bonds is 4. The van der Waals surface area contributed by atoms with Gasteiger partial charge in [-0.1, -0.05) is 0 Å². The van der Waals surface area contributed by atoms with Gasteiger partial charge in [-0.15, -0.1) is 0 Å². The third-order valence-corrected chi connectivity index (χ3v) is 1.78. The fourth-order valence-corrected chi connectivity index (χ4v) is 1.09. The Morgan fingerprint density at radius 3 is 2.87 bits per heavy atom. The van der Waals surface area contributed by atoms with E-state index in [1.165, 1.54) is 7.11 Å². The maximum atomic E-state index is 11.5. The van der Waals surface area contributed by atoms with E-state index in [2.05, 4.69) is 5.48 Å². The van der Waals surface area contributed by atoms with Crippen LogP contribution in [0.1, 0.15) is 17.3 Å². The number of carbonyl (C=O) groups is 1. The van der Waals surface area contributed by atoms with Gasteiger partial charge in [0.1, 0.15) is 5.75 Å². The number of nitrogen functional groups attached to an aromatic ring is 1. The lowest BCUT2D eigenvalue weighted by Crippen LogP contribution is -2.24. The van der Waals surface area contributed by atoms with E-state index >= 15 is 0 Å². The van der Waals surface area contributed by atoms with Crippen molar-refractivity contribution in [2.45, 2.75) is 6.92 Å². The third-order valence-electron chi connectivity index (χ3n) is 1.78. The van der Waals surface area contributed by atoms with Gasteiger partial charge < -0.3 is 10.5 Å². The Hall–Kier alpha value is -1.75. The first kappa shape index (κ1) is 11.3. The molecule has 0 radical (unpaired) electrons. The minimum absolute atomic E-state index is 0.353. The van der Waals surface area contributed by atoms with E-state index in [0.717, 1.165) is 0 Å². The molecule has 15 heavy (non-hydrogen) atoms. The second-order valence-corrected chi connectivity index (χ2v) is 2.82. The van der Waals surface area contributed by atoms with Crippen LogP contribution < -0.4 is 16.0 Å². The zero-order valence-electron chi connectivity index (χ0n) is 8.74. The molecule has 0 aromatic heterocycles. The van der Waals surface area contributed by atoms with E-state index in [-0.39, 0.29) is 5.91 Å². The highest BCUT2D eigenvalue weighted by Gasteiger charge is 2.11. The summed E-state index contributed by atoms with van der Waals surface area (Å²) in [6.07, 6.45) is 0. The number of methoxy groups -OCH3 is 1. The molecule has 0 saturated heterocycles. The number of hydrogen-bond acceptors (Lipinski definition) is 4. The van der Waals surface area contributed by atoms with Crippen molar-refractivity contribution < 1.29 is 14.4 Å². The average Bonchev–Trinajstić information content (AvgIpc) is 2.25. The first-order chi connectivity index (χ1) is 7.19. The van der Waals surface area contributed by atoms with Crippen LogP contribution >= 0.6 is 0 Å². The summed E-state index contributed by atoms with van der Waals surface area (Å²) < 4.78 is 5.03. The molecule has 82 valence electrons. The van der Waals surface area contributed by atoms with Crippen LogP contribution in [0.2, 0.25) is 0 Å². The summed E-state index contributed by atoms with van der Waals surface area (Å²) in [4.78, 5) is 16.3. The molecule has 3 N–H and O–H groups in total. The van der Waals surface area contributed by atoms with E-state index in [9.17, 15) is 4.79 Å². The molecule has 0 atom stereocenters. The lowest BCUT2D eigenvalue weighted by atomic mass is 10.2. The zero-order valence-corrected chi connectivity index (χ0v) is 8.74. The molecule has 1 aromatic carbocycles. The highest BCUT2D eigenvalue weighted by atomic mass is 16.6. The fraction of sp³-hybridized carbons (Fsp3) is 0.300. The average molecular weight is 210 g/mol. The second kappa shape index (κ2) is 5.21. The highest BCUT2D eigenvalue weighted by Crippen LogP contribution is 2.21. The topological polar surface area (TPSA) is 73.6 Å².